The van der Waals surface area contributed by atoms with Gasteiger partial charge in [-0.05, 0) is 24.7 Å². The Balaban J connectivity index is 0.000000333. The molecule has 4 aliphatic rings. The average molecular weight is 360 g/mol. The molecule has 2 atom stereocenters. The normalized spacial score (nSPS) is 26.7. The maximum absolute atomic E-state index is 2.37. The molecule has 4 aliphatic carbocycles. The van der Waals surface area contributed by atoms with E-state index in [-0.39, 0.29) is 41.1 Å². The second-order valence-electron chi connectivity index (χ2n) is 5.62. The Hall–Kier alpha value is -0.417. The SMILES string of the molecule is C1=CCC2CC[CH-]C2=C1.C1=CCC2CC[CH-]C2=C1.[CH3-].[CH3-].[Zr+4]. The van der Waals surface area contributed by atoms with E-state index in [1.807, 2.05) is 0 Å². The molecular formula is C20H28Zr. The molecule has 0 saturated heterocycles. The Kier molecular flexibility index (Phi) is 10.1. The van der Waals surface area contributed by atoms with Crippen LogP contribution in [0.15, 0.2) is 47.6 Å². The first-order valence-corrected chi connectivity index (χ1v) is 7.33. The maximum Gasteiger partial charge on any atom is 4.00 e. The van der Waals surface area contributed by atoms with Crippen LogP contribution in [-0.4, -0.2) is 0 Å². The third-order valence-corrected chi connectivity index (χ3v) is 4.42. The molecule has 0 N–H and O–H groups in total. The molecule has 2 saturated carbocycles. The number of rotatable bonds is 0. The topological polar surface area (TPSA) is 0 Å². The van der Waals surface area contributed by atoms with Gasteiger partial charge < -0.3 is 14.9 Å². The monoisotopic (exact) mass is 358 g/mol. The fraction of sp³-hybridized carbons (Fsp3) is 0.400. The van der Waals surface area contributed by atoms with Crippen LogP contribution in [0.5, 0.6) is 0 Å². The summed E-state index contributed by atoms with van der Waals surface area (Å²) in [5.41, 5.74) is 3.16. The van der Waals surface area contributed by atoms with E-state index in [1.165, 1.54) is 38.5 Å². The van der Waals surface area contributed by atoms with E-state index in [0.29, 0.717) is 0 Å². The van der Waals surface area contributed by atoms with Crippen molar-refractivity contribution in [3.05, 3.63) is 75.3 Å². The zero-order valence-corrected chi connectivity index (χ0v) is 16.0. The Morgan fingerprint density at radius 2 is 1.19 bits per heavy atom. The van der Waals surface area contributed by atoms with Crippen molar-refractivity contribution in [3.8, 4) is 0 Å². The first kappa shape index (κ1) is 20.6. The van der Waals surface area contributed by atoms with E-state index in [4.69, 9.17) is 0 Å². The van der Waals surface area contributed by atoms with E-state index in [2.05, 4.69) is 49.3 Å². The van der Waals surface area contributed by atoms with Crippen LogP contribution in [-0.2, 0) is 26.2 Å². The average Bonchev–Trinajstić information content (AvgIpc) is 3.08. The third kappa shape index (κ3) is 5.37. The van der Waals surface area contributed by atoms with Crippen molar-refractivity contribution in [1.29, 1.82) is 0 Å². The fourth-order valence-corrected chi connectivity index (χ4v) is 3.33. The van der Waals surface area contributed by atoms with E-state index in [0.717, 1.165) is 11.8 Å². The summed E-state index contributed by atoms with van der Waals surface area (Å²) in [4.78, 5) is 0. The van der Waals surface area contributed by atoms with Crippen LogP contribution in [0, 0.1) is 39.5 Å². The van der Waals surface area contributed by atoms with Gasteiger partial charge in [0.25, 0.3) is 0 Å². The summed E-state index contributed by atoms with van der Waals surface area (Å²) in [7, 11) is 0. The predicted octanol–water partition coefficient (Wildman–Crippen LogP) is 5.87. The van der Waals surface area contributed by atoms with E-state index >= 15 is 0 Å². The van der Waals surface area contributed by atoms with Gasteiger partial charge in [-0.2, -0.15) is 0 Å². The van der Waals surface area contributed by atoms with E-state index < -0.39 is 0 Å². The molecule has 1 heteroatoms. The molecule has 2 fully saturated rings. The van der Waals surface area contributed by atoms with Gasteiger partial charge in [-0.1, -0.05) is 12.8 Å². The first-order valence-electron chi connectivity index (χ1n) is 7.33. The number of allylic oxidation sites excluding steroid dienone is 8. The van der Waals surface area contributed by atoms with Crippen molar-refractivity contribution in [2.75, 3.05) is 0 Å². The summed E-state index contributed by atoms with van der Waals surface area (Å²) in [6.07, 6.45) is 26.1. The van der Waals surface area contributed by atoms with Crippen molar-refractivity contribution in [1.82, 2.24) is 0 Å². The molecule has 0 radical (unpaired) electrons. The number of fused-ring (bicyclic) bond motifs is 2. The summed E-state index contributed by atoms with van der Waals surface area (Å²) in [6, 6.07) is 0. The minimum atomic E-state index is 0. The molecule has 0 aliphatic heterocycles. The van der Waals surface area contributed by atoms with Crippen LogP contribution in [0.1, 0.15) is 38.5 Å². The zero-order valence-electron chi connectivity index (χ0n) is 13.5. The molecule has 112 valence electrons. The molecular weight excluding hydrogens is 331 g/mol. The van der Waals surface area contributed by atoms with Crippen LogP contribution >= 0.6 is 0 Å². The number of hydrogen-bond acceptors (Lipinski definition) is 0. The first-order chi connectivity index (χ1) is 8.93. The van der Waals surface area contributed by atoms with Crippen LogP contribution in [0.3, 0.4) is 0 Å². The van der Waals surface area contributed by atoms with Gasteiger partial charge in [-0.15, -0.1) is 37.1 Å². The van der Waals surface area contributed by atoms with E-state index in [1.54, 1.807) is 11.1 Å². The van der Waals surface area contributed by atoms with Crippen molar-refractivity contribution in [2.45, 2.75) is 38.5 Å². The molecule has 0 amide bonds. The Bertz CT molecular complexity index is 372. The minimum absolute atomic E-state index is 0. The fourth-order valence-electron chi connectivity index (χ4n) is 3.33. The van der Waals surface area contributed by atoms with Gasteiger partial charge >= 0.3 is 26.2 Å². The summed E-state index contributed by atoms with van der Waals surface area (Å²) < 4.78 is 0. The second-order valence-corrected chi connectivity index (χ2v) is 5.62. The van der Waals surface area contributed by atoms with Crippen LogP contribution in [0.2, 0.25) is 0 Å². The maximum atomic E-state index is 2.37. The number of hydrogen-bond donors (Lipinski definition) is 0. The Morgan fingerprint density at radius 3 is 1.57 bits per heavy atom. The molecule has 0 spiro atoms. The summed E-state index contributed by atoms with van der Waals surface area (Å²) in [5.74, 6) is 1.77. The molecule has 0 heterocycles. The summed E-state index contributed by atoms with van der Waals surface area (Å²) in [6.45, 7) is 0. The Labute approximate surface area is 151 Å². The van der Waals surface area contributed by atoms with Crippen molar-refractivity contribution in [2.24, 2.45) is 11.8 Å². The van der Waals surface area contributed by atoms with Crippen LogP contribution in [0.25, 0.3) is 0 Å². The molecule has 4 rings (SSSR count). The van der Waals surface area contributed by atoms with Gasteiger partial charge in [0.05, 0.1) is 0 Å². The van der Waals surface area contributed by atoms with Gasteiger partial charge in [0.15, 0.2) is 0 Å². The van der Waals surface area contributed by atoms with Crippen molar-refractivity contribution < 1.29 is 26.2 Å². The summed E-state index contributed by atoms with van der Waals surface area (Å²) in [5, 5.41) is 0. The molecule has 0 nitrogen and oxygen atoms in total. The van der Waals surface area contributed by atoms with Gasteiger partial charge in [-0.25, -0.2) is 36.1 Å². The summed E-state index contributed by atoms with van der Waals surface area (Å²) >= 11 is 0. The second kappa shape index (κ2) is 10.3. The largest absolute Gasteiger partial charge is 4.00 e. The standard InChI is InChI=1S/2C9H11.2CH3.Zr/c2*1-2-5-9-7-3-6-8(9)4-1;;;/h2*1-2,4,6,9H,3,5,7H2;2*1H3;/q4*-1;+4. The molecule has 0 bridgehead atoms. The van der Waals surface area contributed by atoms with Crippen LogP contribution < -0.4 is 0 Å². The van der Waals surface area contributed by atoms with Gasteiger partial charge in [0, 0.05) is 0 Å². The zero-order chi connectivity index (χ0) is 12.2. The van der Waals surface area contributed by atoms with E-state index in [9.17, 15) is 0 Å². The van der Waals surface area contributed by atoms with Crippen LogP contribution in [0.4, 0.5) is 0 Å². The van der Waals surface area contributed by atoms with Gasteiger partial charge in [0.2, 0.25) is 0 Å². The minimum Gasteiger partial charge on any atom is -0.358 e. The van der Waals surface area contributed by atoms with Crippen molar-refractivity contribution in [3.63, 3.8) is 0 Å². The smallest absolute Gasteiger partial charge is 0.358 e. The molecule has 2 unspecified atom stereocenters. The predicted molar refractivity (Wildman–Crippen MR) is 90.6 cm³/mol. The molecule has 0 aromatic carbocycles. The molecule has 0 aromatic rings. The molecule has 21 heavy (non-hydrogen) atoms. The Morgan fingerprint density at radius 1 is 0.762 bits per heavy atom. The van der Waals surface area contributed by atoms with Gasteiger partial charge in [-0.3, -0.25) is 0 Å². The third-order valence-electron chi connectivity index (χ3n) is 4.42. The van der Waals surface area contributed by atoms with Crippen molar-refractivity contribution >= 4 is 0 Å². The quantitative estimate of drug-likeness (QED) is 0.474. The molecule has 0 aromatic heterocycles. The van der Waals surface area contributed by atoms with Gasteiger partial charge in [0.1, 0.15) is 0 Å².